The second-order valence-electron chi connectivity index (χ2n) is 5.76. The van der Waals surface area contributed by atoms with Gasteiger partial charge in [0.25, 0.3) is 0 Å². The highest BCUT2D eigenvalue weighted by Gasteiger charge is 2.10. The normalized spacial score (nSPS) is 15.3. The maximum atomic E-state index is 11.4. The van der Waals surface area contributed by atoms with Crippen molar-refractivity contribution in [1.29, 1.82) is 0 Å². The minimum absolute atomic E-state index is 0.248. The van der Waals surface area contributed by atoms with E-state index < -0.39 is 0 Å². The highest BCUT2D eigenvalue weighted by Crippen LogP contribution is 2.25. The molecular formula is C17H30O2. The Balaban J connectivity index is 4.77. The van der Waals surface area contributed by atoms with E-state index in [9.17, 15) is 4.79 Å². The topological polar surface area (TPSA) is 26.3 Å². The average molecular weight is 266 g/mol. The highest BCUT2D eigenvalue weighted by molar-refractivity contribution is 5.83. The fourth-order valence-electron chi connectivity index (χ4n) is 1.95. The van der Waals surface area contributed by atoms with Crippen LogP contribution in [-0.4, -0.2) is 12.6 Å². The first-order valence-electron chi connectivity index (χ1n) is 7.32. The molecule has 1 atom stereocenters. The van der Waals surface area contributed by atoms with Gasteiger partial charge in [0.1, 0.15) is 0 Å². The molecule has 2 heteroatoms. The van der Waals surface area contributed by atoms with E-state index >= 15 is 0 Å². The van der Waals surface area contributed by atoms with Gasteiger partial charge in [-0.3, -0.25) is 0 Å². The van der Waals surface area contributed by atoms with Crippen molar-refractivity contribution in [3.05, 3.63) is 22.8 Å². The molecule has 0 saturated heterocycles. The summed E-state index contributed by atoms with van der Waals surface area (Å²) < 4.78 is 4.94. The second kappa shape index (κ2) is 8.95. The number of hydrogen-bond donors (Lipinski definition) is 0. The molecule has 0 aromatic carbocycles. The first kappa shape index (κ1) is 17.9. The van der Waals surface area contributed by atoms with E-state index in [4.69, 9.17) is 4.74 Å². The molecule has 0 heterocycles. The van der Waals surface area contributed by atoms with E-state index in [-0.39, 0.29) is 5.97 Å². The van der Waals surface area contributed by atoms with Crippen LogP contribution in [0.2, 0.25) is 0 Å². The Morgan fingerprint density at radius 1 is 1.11 bits per heavy atom. The first-order chi connectivity index (χ1) is 8.79. The highest BCUT2D eigenvalue weighted by atomic mass is 16.5. The number of allylic oxidation sites excluding steroid dienone is 3. The Morgan fingerprint density at radius 2 is 1.68 bits per heavy atom. The van der Waals surface area contributed by atoms with Crippen LogP contribution in [0, 0.1) is 11.8 Å². The summed E-state index contributed by atoms with van der Waals surface area (Å²) in [5, 5.41) is 0. The number of carbonyl (C=O) groups excluding carboxylic acids is 1. The number of hydrogen-bond acceptors (Lipinski definition) is 2. The van der Waals surface area contributed by atoms with Crippen molar-refractivity contribution in [2.24, 2.45) is 11.8 Å². The summed E-state index contributed by atoms with van der Waals surface area (Å²) >= 11 is 0. The smallest absolute Gasteiger partial charge is 0.331 e. The number of rotatable bonds is 7. The van der Waals surface area contributed by atoms with Crippen LogP contribution in [0.15, 0.2) is 22.8 Å². The van der Waals surface area contributed by atoms with E-state index in [0.29, 0.717) is 12.5 Å². The van der Waals surface area contributed by atoms with Crippen LogP contribution in [0.3, 0.4) is 0 Å². The van der Waals surface area contributed by atoms with E-state index in [2.05, 4.69) is 34.6 Å². The number of ether oxygens (including phenoxy) is 1. The van der Waals surface area contributed by atoms with Crippen LogP contribution < -0.4 is 0 Å². The van der Waals surface area contributed by atoms with Crippen LogP contribution in [0.4, 0.5) is 0 Å². The van der Waals surface area contributed by atoms with Gasteiger partial charge in [-0.15, -0.1) is 0 Å². The lowest BCUT2D eigenvalue weighted by molar-refractivity contribution is -0.137. The molecule has 0 saturated carbocycles. The third-order valence-electron chi connectivity index (χ3n) is 3.72. The maximum absolute atomic E-state index is 11.4. The van der Waals surface area contributed by atoms with Crippen LogP contribution >= 0.6 is 0 Å². The molecule has 0 spiro atoms. The Morgan fingerprint density at radius 3 is 2.16 bits per heavy atom. The minimum atomic E-state index is -0.248. The van der Waals surface area contributed by atoms with Gasteiger partial charge >= 0.3 is 5.97 Å². The van der Waals surface area contributed by atoms with Crippen molar-refractivity contribution in [1.82, 2.24) is 0 Å². The zero-order valence-corrected chi connectivity index (χ0v) is 13.7. The van der Waals surface area contributed by atoms with Gasteiger partial charge in [-0.2, -0.15) is 0 Å². The molecule has 0 amide bonds. The fraction of sp³-hybridized carbons (Fsp3) is 0.706. The van der Waals surface area contributed by atoms with Gasteiger partial charge in [0.2, 0.25) is 0 Å². The van der Waals surface area contributed by atoms with E-state index in [1.165, 1.54) is 24.0 Å². The standard InChI is InChI=1S/C17H30O2/c1-8-19-17(18)11-14(5)16(7)15(6)13(4)10-9-12(2)3/h11-13H,8-10H2,1-7H3/b14-11+,16-15+. The summed E-state index contributed by atoms with van der Waals surface area (Å²) in [7, 11) is 0. The molecule has 0 aliphatic heterocycles. The van der Waals surface area contributed by atoms with Crippen LogP contribution in [0.25, 0.3) is 0 Å². The molecule has 0 bridgehead atoms. The summed E-state index contributed by atoms with van der Waals surface area (Å²) in [6, 6.07) is 0. The summed E-state index contributed by atoms with van der Waals surface area (Å²) in [5.41, 5.74) is 3.59. The lowest BCUT2D eigenvalue weighted by Crippen LogP contribution is -2.04. The molecule has 0 aliphatic rings. The third kappa shape index (κ3) is 7.19. The predicted octanol–water partition coefficient (Wildman–Crippen LogP) is 4.90. The quantitative estimate of drug-likeness (QED) is 0.372. The van der Waals surface area contributed by atoms with Crippen LogP contribution in [0.5, 0.6) is 0 Å². The van der Waals surface area contributed by atoms with E-state index in [1.54, 1.807) is 6.08 Å². The molecule has 0 aliphatic carbocycles. The van der Waals surface area contributed by atoms with E-state index in [0.717, 1.165) is 11.5 Å². The molecule has 0 aromatic rings. The van der Waals surface area contributed by atoms with Crippen molar-refractivity contribution in [2.45, 2.75) is 61.3 Å². The molecule has 19 heavy (non-hydrogen) atoms. The first-order valence-corrected chi connectivity index (χ1v) is 7.32. The van der Waals surface area contributed by atoms with Crippen molar-refractivity contribution in [3.63, 3.8) is 0 Å². The Bertz CT molecular complexity index is 348. The van der Waals surface area contributed by atoms with Gasteiger partial charge in [0.15, 0.2) is 0 Å². The second-order valence-corrected chi connectivity index (χ2v) is 5.76. The zero-order chi connectivity index (χ0) is 15.0. The molecule has 2 nitrogen and oxygen atoms in total. The lowest BCUT2D eigenvalue weighted by Gasteiger charge is -2.17. The predicted molar refractivity (Wildman–Crippen MR) is 82.0 cm³/mol. The van der Waals surface area contributed by atoms with E-state index in [1.807, 2.05) is 13.8 Å². The van der Waals surface area contributed by atoms with Crippen molar-refractivity contribution in [2.75, 3.05) is 6.61 Å². The molecule has 0 rings (SSSR count). The monoisotopic (exact) mass is 266 g/mol. The van der Waals surface area contributed by atoms with Gasteiger partial charge in [-0.05, 0) is 57.1 Å². The van der Waals surface area contributed by atoms with Crippen LogP contribution in [-0.2, 0) is 9.53 Å². The lowest BCUT2D eigenvalue weighted by atomic mass is 9.89. The Labute approximate surface area is 118 Å². The molecule has 110 valence electrons. The van der Waals surface area contributed by atoms with Crippen molar-refractivity contribution >= 4 is 5.97 Å². The molecule has 0 aromatic heterocycles. The van der Waals surface area contributed by atoms with Crippen molar-refractivity contribution < 1.29 is 9.53 Å². The molecule has 0 fully saturated rings. The summed E-state index contributed by atoms with van der Waals surface area (Å²) in [6.45, 7) is 15.3. The molecular weight excluding hydrogens is 236 g/mol. The molecule has 0 radical (unpaired) electrons. The summed E-state index contributed by atoms with van der Waals surface area (Å²) in [6.07, 6.45) is 4.04. The van der Waals surface area contributed by atoms with Crippen molar-refractivity contribution in [3.8, 4) is 0 Å². The number of esters is 1. The summed E-state index contributed by atoms with van der Waals surface area (Å²) in [5.74, 6) is 1.06. The van der Waals surface area contributed by atoms with Gasteiger partial charge in [-0.1, -0.05) is 32.8 Å². The minimum Gasteiger partial charge on any atom is -0.463 e. The van der Waals surface area contributed by atoms with Gasteiger partial charge in [-0.25, -0.2) is 4.79 Å². The van der Waals surface area contributed by atoms with Gasteiger partial charge < -0.3 is 4.74 Å². The van der Waals surface area contributed by atoms with Gasteiger partial charge in [0, 0.05) is 6.08 Å². The van der Waals surface area contributed by atoms with Gasteiger partial charge in [0.05, 0.1) is 6.61 Å². The average Bonchev–Trinajstić information content (AvgIpc) is 2.34. The summed E-state index contributed by atoms with van der Waals surface area (Å²) in [4.78, 5) is 11.4. The zero-order valence-electron chi connectivity index (χ0n) is 13.7. The fourth-order valence-corrected chi connectivity index (χ4v) is 1.95. The third-order valence-corrected chi connectivity index (χ3v) is 3.72. The molecule has 0 N–H and O–H groups in total. The number of carbonyl (C=O) groups is 1. The SMILES string of the molecule is CCOC(=O)/C=C(C)/C(C)=C(\C)C(C)CCC(C)C. The van der Waals surface area contributed by atoms with Crippen LogP contribution in [0.1, 0.15) is 61.3 Å². The maximum Gasteiger partial charge on any atom is 0.331 e. The Hall–Kier alpha value is -1.05. The Kier molecular flexibility index (Phi) is 8.46. The largest absolute Gasteiger partial charge is 0.463 e. The molecule has 1 unspecified atom stereocenters.